The maximum atomic E-state index is 14.6. The van der Waals surface area contributed by atoms with Crippen molar-refractivity contribution in [2.24, 2.45) is 10.8 Å². The van der Waals surface area contributed by atoms with Crippen LogP contribution in [0.5, 0.6) is 46.0 Å². The third-order valence-corrected chi connectivity index (χ3v) is 17.7. The number of ether oxygens (including phenoxy) is 6. The highest BCUT2D eigenvalue weighted by Gasteiger charge is 2.50. The number of Topliss-reactive ketones (excluding diaryl/α,β-unsaturated/α-hetero) is 2. The van der Waals surface area contributed by atoms with Crippen molar-refractivity contribution in [3.05, 3.63) is 238 Å². The summed E-state index contributed by atoms with van der Waals surface area (Å²) in [6.45, 7) is 26.5. The minimum atomic E-state index is -0.896. The predicted octanol–water partition coefficient (Wildman–Crippen LogP) is 19.5. The molecule has 0 aromatic heterocycles. The summed E-state index contributed by atoms with van der Waals surface area (Å²) in [5.74, 6) is 3.81. The Kier molecular flexibility index (Phi) is 19.9. The molecule has 3 atom stereocenters. The molecule has 0 N–H and O–H groups in total. The predicted molar refractivity (Wildman–Crippen MR) is 341 cm³/mol. The second-order valence-electron chi connectivity index (χ2n) is 23.8. The van der Waals surface area contributed by atoms with E-state index in [0.29, 0.717) is 75.3 Å². The van der Waals surface area contributed by atoms with E-state index in [2.05, 4.69) is 58.9 Å². The first-order valence-corrected chi connectivity index (χ1v) is 30.1. The summed E-state index contributed by atoms with van der Waals surface area (Å²) in [7, 11) is 0. The van der Waals surface area contributed by atoms with Crippen LogP contribution < -0.4 is 28.4 Å². The molecule has 8 aromatic rings. The Balaban J connectivity index is 0.827. The molecular weight excluding hydrogens is 1070 g/mol. The molecule has 8 rings (SSSR count). The molecule has 446 valence electrons. The van der Waals surface area contributed by atoms with Crippen molar-refractivity contribution >= 4 is 23.5 Å². The highest BCUT2D eigenvalue weighted by molar-refractivity contribution is 6.01. The van der Waals surface area contributed by atoms with Crippen LogP contribution in [0.15, 0.2) is 182 Å². The molecule has 0 spiro atoms. The largest absolute Gasteiger partial charge is 0.488 e. The van der Waals surface area contributed by atoms with E-state index in [4.69, 9.17) is 28.4 Å². The van der Waals surface area contributed by atoms with Crippen molar-refractivity contribution in [2.75, 3.05) is 0 Å². The average Bonchev–Trinajstić information content (AvgIpc) is 1.34. The second kappa shape index (κ2) is 27.1. The lowest BCUT2D eigenvalue weighted by Gasteiger charge is -2.45. The number of rotatable bonds is 26. The first kappa shape index (κ1) is 63.3. The molecule has 8 aromatic carbocycles. The van der Waals surface area contributed by atoms with Gasteiger partial charge in [-0.3, -0.25) is 9.59 Å². The Labute approximate surface area is 508 Å². The van der Waals surface area contributed by atoms with Crippen LogP contribution in [0.1, 0.15) is 189 Å². The van der Waals surface area contributed by atoms with Crippen LogP contribution in [0.3, 0.4) is 0 Å². The molecule has 86 heavy (non-hydrogen) atoms. The summed E-state index contributed by atoms with van der Waals surface area (Å²) >= 11 is 0. The maximum Gasteiger partial charge on any atom is 0.343 e. The van der Waals surface area contributed by atoms with Crippen molar-refractivity contribution in [1.29, 1.82) is 0 Å². The highest BCUT2D eigenvalue weighted by atomic mass is 16.5. The molecule has 0 aliphatic rings. The van der Waals surface area contributed by atoms with E-state index in [-0.39, 0.29) is 23.1 Å². The number of carbonyl (C=O) groups excluding carboxylic acids is 4. The van der Waals surface area contributed by atoms with Crippen molar-refractivity contribution in [1.82, 2.24) is 0 Å². The topological polar surface area (TPSA) is 124 Å². The van der Waals surface area contributed by atoms with Crippen LogP contribution in [0.2, 0.25) is 0 Å². The van der Waals surface area contributed by atoms with Crippen LogP contribution >= 0.6 is 0 Å². The van der Waals surface area contributed by atoms with Gasteiger partial charge in [0.1, 0.15) is 57.2 Å². The smallest absolute Gasteiger partial charge is 0.343 e. The SMILES string of the molecule is CCC(C)(CC)Oc1ccc(Cc2ccc(OC(=O)c3ccc(Oc4ccc(C(=O)C(C)(CC)C(C)(CC)Oc5ccc(C(C)c6ccc(OC(=O)c7ccc(Oc8ccc(C(=O)C(C)(C)CC)cc8)cc7)c(C)c6)cc5C)cc4)cc3)cc2)cc1. The van der Waals surface area contributed by atoms with Crippen LogP contribution in [-0.4, -0.2) is 34.7 Å². The molecule has 0 fully saturated rings. The zero-order valence-electron chi connectivity index (χ0n) is 52.2. The van der Waals surface area contributed by atoms with Gasteiger partial charge in [0.2, 0.25) is 0 Å². The Morgan fingerprint density at radius 1 is 0.395 bits per heavy atom. The van der Waals surface area contributed by atoms with Crippen LogP contribution in [0.25, 0.3) is 0 Å². The van der Waals surface area contributed by atoms with E-state index in [0.717, 1.165) is 64.8 Å². The minimum absolute atomic E-state index is 0.00869. The molecular formula is C76H82O10. The quantitative estimate of drug-likeness (QED) is 0.0294. The van der Waals surface area contributed by atoms with E-state index in [1.165, 1.54) is 0 Å². The fourth-order valence-corrected chi connectivity index (χ4v) is 10.3. The van der Waals surface area contributed by atoms with E-state index in [9.17, 15) is 19.2 Å². The van der Waals surface area contributed by atoms with Gasteiger partial charge in [-0.25, -0.2) is 9.59 Å². The van der Waals surface area contributed by atoms with Crippen molar-refractivity contribution in [2.45, 2.75) is 146 Å². The standard InChI is InChI=1S/C76H82O10/c1-14-73(9,10)69(77)55-23-37-61(38-24-55)81-64-43-29-58(30-44-64)72(80)84-67-45-31-59(47-50(67)6)52(8)60-32-46-68(51(7)48-60)86-76(13,18-5)75(12,17-4)70(78)56-25-39-62(40-26-56)82-63-41-27-57(28-42-63)71(79)83-65-33-19-53(20-34-65)49-54-21-35-66(36-22-54)85-74(11,15-2)16-3/h19-48,52H,14-18,49H2,1-13H3. The van der Waals surface area contributed by atoms with Crippen LogP contribution in [-0.2, 0) is 6.42 Å². The van der Waals surface area contributed by atoms with E-state index < -0.39 is 28.4 Å². The first-order chi connectivity index (χ1) is 41.0. The van der Waals surface area contributed by atoms with Gasteiger partial charge in [0.25, 0.3) is 0 Å². The normalized spacial score (nSPS) is 13.3. The summed E-state index contributed by atoms with van der Waals surface area (Å²) in [5, 5.41) is 0. The molecule has 0 aliphatic heterocycles. The number of benzene rings is 8. The van der Waals surface area contributed by atoms with E-state index in [1.54, 1.807) is 109 Å². The molecule has 0 amide bonds. The van der Waals surface area contributed by atoms with Gasteiger partial charge in [0.15, 0.2) is 11.6 Å². The highest BCUT2D eigenvalue weighted by Crippen LogP contribution is 2.45. The lowest BCUT2D eigenvalue weighted by molar-refractivity contribution is -0.0279. The zero-order chi connectivity index (χ0) is 62.0. The summed E-state index contributed by atoms with van der Waals surface area (Å²) < 4.78 is 36.9. The Morgan fingerprint density at radius 3 is 1.20 bits per heavy atom. The molecule has 0 radical (unpaired) electrons. The lowest BCUT2D eigenvalue weighted by Crippen LogP contribution is -2.52. The zero-order valence-corrected chi connectivity index (χ0v) is 52.2. The Bertz CT molecular complexity index is 3630. The summed E-state index contributed by atoms with van der Waals surface area (Å²) in [6.07, 6.45) is 4.48. The van der Waals surface area contributed by atoms with Gasteiger partial charge < -0.3 is 28.4 Å². The second-order valence-corrected chi connectivity index (χ2v) is 23.8. The molecule has 3 unspecified atom stereocenters. The summed E-state index contributed by atoms with van der Waals surface area (Å²) in [6, 6.07) is 55.6. The van der Waals surface area contributed by atoms with Gasteiger partial charge in [-0.15, -0.1) is 0 Å². The fourth-order valence-electron chi connectivity index (χ4n) is 10.3. The van der Waals surface area contributed by atoms with Crippen LogP contribution in [0, 0.1) is 24.7 Å². The van der Waals surface area contributed by atoms with Crippen molar-refractivity contribution in [3.8, 4) is 46.0 Å². The number of ketones is 2. The van der Waals surface area contributed by atoms with Gasteiger partial charge in [-0.1, -0.05) is 104 Å². The average molecular weight is 1160 g/mol. The first-order valence-electron chi connectivity index (χ1n) is 30.1. The Hall–Kier alpha value is -8.76. The molecule has 0 saturated carbocycles. The molecule has 10 nitrogen and oxygen atoms in total. The van der Waals surface area contributed by atoms with Gasteiger partial charge in [0.05, 0.1) is 16.5 Å². The van der Waals surface area contributed by atoms with Gasteiger partial charge >= 0.3 is 11.9 Å². The molecule has 0 bridgehead atoms. The lowest BCUT2D eigenvalue weighted by atomic mass is 9.66. The molecule has 10 heteroatoms. The fraction of sp³-hybridized carbons (Fsp3) is 0.316. The van der Waals surface area contributed by atoms with Crippen molar-refractivity contribution in [3.63, 3.8) is 0 Å². The minimum Gasteiger partial charge on any atom is -0.488 e. The van der Waals surface area contributed by atoms with Gasteiger partial charge in [-0.2, -0.15) is 0 Å². The van der Waals surface area contributed by atoms with Crippen molar-refractivity contribution < 1.29 is 47.6 Å². The number of hydrogen-bond donors (Lipinski definition) is 0. The molecule has 0 saturated heterocycles. The number of hydrogen-bond acceptors (Lipinski definition) is 10. The number of esters is 2. The third kappa shape index (κ3) is 14.8. The third-order valence-electron chi connectivity index (χ3n) is 17.7. The molecule has 0 heterocycles. The van der Waals surface area contributed by atoms with E-state index >= 15 is 0 Å². The summed E-state index contributed by atoms with van der Waals surface area (Å²) in [4.78, 5) is 53.9. The number of aryl methyl sites for hydroxylation is 2. The maximum absolute atomic E-state index is 14.6. The van der Waals surface area contributed by atoms with Gasteiger partial charge in [0, 0.05) is 22.5 Å². The number of carbonyl (C=O) groups is 4. The Morgan fingerprint density at radius 2 is 0.791 bits per heavy atom. The summed E-state index contributed by atoms with van der Waals surface area (Å²) in [5.41, 5.74) is 5.75. The van der Waals surface area contributed by atoms with Gasteiger partial charge in [-0.05, 0) is 240 Å². The monoisotopic (exact) mass is 1150 g/mol. The van der Waals surface area contributed by atoms with Crippen LogP contribution in [0.4, 0.5) is 0 Å². The van der Waals surface area contributed by atoms with E-state index in [1.807, 2.05) is 104 Å². The molecule has 0 aliphatic carbocycles.